The van der Waals surface area contributed by atoms with E-state index in [0.29, 0.717) is 0 Å². The van der Waals surface area contributed by atoms with Crippen LogP contribution in [-0.2, 0) is 26.6 Å². The number of aryl methyl sites for hydroxylation is 1. The fourth-order valence-corrected chi connectivity index (χ4v) is 3.89. The summed E-state index contributed by atoms with van der Waals surface area (Å²) in [6.45, 7) is 0.422. The van der Waals surface area contributed by atoms with E-state index in [4.69, 9.17) is 9.57 Å². The van der Waals surface area contributed by atoms with Crippen LogP contribution in [-0.4, -0.2) is 48.5 Å². The number of hydrogen-bond donors (Lipinski definition) is 1. The Labute approximate surface area is 142 Å². The Balaban J connectivity index is 2.15. The van der Waals surface area contributed by atoms with Gasteiger partial charge in [0.1, 0.15) is 6.61 Å². The molecule has 1 aliphatic heterocycles. The fraction of sp³-hybridized carbons (Fsp3) is 0.214. The van der Waals surface area contributed by atoms with E-state index in [1.165, 1.54) is 37.5 Å². The molecule has 1 aromatic carbocycles. The normalized spacial score (nSPS) is 14.2. The molecule has 3 rings (SSSR count). The van der Waals surface area contributed by atoms with Gasteiger partial charge < -0.3 is 14.7 Å². The predicted molar refractivity (Wildman–Crippen MR) is 85.8 cm³/mol. The molecule has 1 N–H and O–H groups in total. The van der Waals surface area contributed by atoms with E-state index >= 15 is 0 Å². The molecule has 11 heteroatoms. The third-order valence-corrected chi connectivity index (χ3v) is 5.15. The van der Waals surface area contributed by atoms with Gasteiger partial charge in [-0.25, -0.2) is 4.79 Å². The molecule has 1 aliphatic rings. The van der Waals surface area contributed by atoms with E-state index in [2.05, 4.69) is 10.3 Å². The number of ether oxygens (including phenoxy) is 1. The van der Waals surface area contributed by atoms with Gasteiger partial charge in [-0.3, -0.25) is 4.68 Å². The van der Waals surface area contributed by atoms with Crippen LogP contribution in [0.2, 0.25) is 0 Å². The average molecular weight is 366 g/mol. The fourth-order valence-electron chi connectivity index (χ4n) is 2.31. The van der Waals surface area contributed by atoms with Gasteiger partial charge in [0.15, 0.2) is 11.6 Å². The quantitative estimate of drug-likeness (QED) is 0.856. The lowest BCUT2D eigenvalue weighted by atomic mass is 10.3. The molecule has 0 aliphatic carbocycles. The van der Waals surface area contributed by atoms with Gasteiger partial charge in [0.25, 0.3) is 15.9 Å². The zero-order chi connectivity index (χ0) is 18.0. The van der Waals surface area contributed by atoms with Crippen LogP contribution in [0.5, 0.6) is 0 Å². The molecule has 0 fully saturated rings. The first-order chi connectivity index (χ1) is 11.9. The van der Waals surface area contributed by atoms with Crippen LogP contribution < -0.4 is 4.31 Å². The smallest absolute Gasteiger partial charge is 0.426 e. The Morgan fingerprint density at radius 3 is 2.60 bits per heavy atom. The maximum atomic E-state index is 13.1. The molecule has 0 saturated carbocycles. The third-order valence-electron chi connectivity index (χ3n) is 3.32. The number of rotatable bonds is 4. The van der Waals surface area contributed by atoms with Crippen LogP contribution in [0.3, 0.4) is 0 Å². The van der Waals surface area contributed by atoms with Crippen molar-refractivity contribution in [3.8, 4) is 0 Å². The second kappa shape index (κ2) is 6.43. The monoisotopic (exact) mass is 366 g/mol. The molecular formula is C14H14N4O6S. The van der Waals surface area contributed by atoms with Crippen LogP contribution in [0.15, 0.2) is 46.7 Å². The lowest BCUT2D eigenvalue weighted by Crippen LogP contribution is -2.37. The second-order valence-corrected chi connectivity index (χ2v) is 6.65. The number of hydrogen-bond acceptors (Lipinski definition) is 7. The maximum Gasteiger partial charge on any atom is 0.426 e. The number of aromatic nitrogens is 2. The highest BCUT2D eigenvalue weighted by Gasteiger charge is 2.37. The van der Waals surface area contributed by atoms with Crippen LogP contribution in [0, 0.1) is 0 Å². The summed E-state index contributed by atoms with van der Waals surface area (Å²) in [6, 6.07) is 7.47. The van der Waals surface area contributed by atoms with Crippen molar-refractivity contribution in [2.24, 2.45) is 12.2 Å². The lowest BCUT2D eigenvalue weighted by molar-refractivity contribution is 0.0653. The van der Waals surface area contributed by atoms with E-state index in [1.807, 2.05) is 0 Å². The number of anilines is 1. The molecule has 132 valence electrons. The van der Waals surface area contributed by atoms with Crippen LogP contribution in [0.1, 0.15) is 5.56 Å². The summed E-state index contributed by atoms with van der Waals surface area (Å²) in [7, 11) is -3.12. The Morgan fingerprint density at radius 2 is 2.00 bits per heavy atom. The molecule has 2 heterocycles. The number of amides is 1. The number of carboxylic acid groups (broad SMARTS) is 1. The maximum absolute atomic E-state index is 13.1. The molecule has 10 nitrogen and oxygen atoms in total. The number of nitrogens with zero attached hydrogens (tertiary/aromatic N) is 4. The van der Waals surface area contributed by atoms with Gasteiger partial charge >= 0.3 is 6.09 Å². The molecule has 0 bridgehead atoms. The Morgan fingerprint density at radius 1 is 1.28 bits per heavy atom. The van der Waals surface area contributed by atoms with Gasteiger partial charge in [0.05, 0.1) is 17.4 Å². The Bertz CT molecular complexity index is 922. The highest BCUT2D eigenvalue weighted by atomic mass is 32.2. The second-order valence-electron chi connectivity index (χ2n) is 4.95. The van der Waals surface area contributed by atoms with Crippen molar-refractivity contribution in [1.29, 1.82) is 0 Å². The van der Waals surface area contributed by atoms with Gasteiger partial charge in [-0.2, -0.15) is 17.8 Å². The predicted octanol–water partition coefficient (Wildman–Crippen LogP) is 1.00. The van der Waals surface area contributed by atoms with Crippen molar-refractivity contribution in [3.63, 3.8) is 0 Å². The molecule has 0 unspecified atom stereocenters. The molecule has 1 aromatic heterocycles. The summed E-state index contributed by atoms with van der Waals surface area (Å²) in [5, 5.41) is 16.7. The van der Waals surface area contributed by atoms with Crippen LogP contribution >= 0.6 is 0 Å². The summed E-state index contributed by atoms with van der Waals surface area (Å²) >= 11 is 0. The van der Waals surface area contributed by atoms with Gasteiger partial charge in [0, 0.05) is 7.05 Å². The average Bonchev–Trinajstić information content (AvgIpc) is 2.98. The van der Waals surface area contributed by atoms with Gasteiger partial charge in [-0.15, -0.1) is 0 Å². The van der Waals surface area contributed by atoms with Crippen molar-refractivity contribution in [1.82, 2.24) is 9.78 Å². The van der Waals surface area contributed by atoms with Crippen molar-refractivity contribution in [3.05, 3.63) is 42.1 Å². The minimum absolute atomic E-state index is 0.0179. The standard InChI is InChI=1S/C14H14N4O6S/c1-17-13(11(9-15-17)12-16-24-8-7-23-12)25(21,22)18(14(19)20)10-5-3-2-4-6-10/h2-6,9H,7-8H2,1H3,(H,19,20). The number of oxime groups is 1. The zero-order valence-electron chi connectivity index (χ0n) is 13.1. The van der Waals surface area contributed by atoms with E-state index in [9.17, 15) is 18.3 Å². The summed E-state index contributed by atoms with van der Waals surface area (Å²) in [6.07, 6.45) is -0.424. The molecule has 0 atom stereocenters. The Kier molecular flexibility index (Phi) is 4.31. The van der Waals surface area contributed by atoms with E-state index < -0.39 is 16.1 Å². The van der Waals surface area contributed by atoms with Crippen molar-refractivity contribution in [2.75, 3.05) is 17.5 Å². The van der Waals surface area contributed by atoms with E-state index in [1.54, 1.807) is 6.07 Å². The van der Waals surface area contributed by atoms with Gasteiger partial charge in [0.2, 0.25) is 0 Å². The number of sulfonamides is 1. The summed E-state index contributed by atoms with van der Waals surface area (Å²) in [5.74, 6) is -0.0728. The van der Waals surface area contributed by atoms with Crippen LogP contribution in [0.4, 0.5) is 10.5 Å². The van der Waals surface area contributed by atoms with E-state index in [-0.39, 0.29) is 39.7 Å². The molecule has 2 aromatic rings. The zero-order valence-corrected chi connectivity index (χ0v) is 13.9. The van der Waals surface area contributed by atoms with Crippen molar-refractivity contribution >= 4 is 27.7 Å². The highest BCUT2D eigenvalue weighted by Crippen LogP contribution is 2.26. The largest absolute Gasteiger partial charge is 0.471 e. The van der Waals surface area contributed by atoms with Crippen molar-refractivity contribution in [2.45, 2.75) is 5.03 Å². The molecule has 0 saturated heterocycles. The SMILES string of the molecule is Cn1ncc(C2=NOCCO2)c1S(=O)(=O)N(C(=O)O)c1ccccc1. The number of carbonyl (C=O) groups is 1. The van der Waals surface area contributed by atoms with Crippen LogP contribution in [0.25, 0.3) is 0 Å². The Hall–Kier alpha value is -3.08. The first kappa shape index (κ1) is 16.8. The topological polar surface area (TPSA) is 123 Å². The highest BCUT2D eigenvalue weighted by molar-refractivity contribution is 7.93. The summed E-state index contributed by atoms with van der Waals surface area (Å²) < 4.78 is 32.7. The van der Waals surface area contributed by atoms with Gasteiger partial charge in [-0.05, 0) is 17.3 Å². The first-order valence-electron chi connectivity index (χ1n) is 7.11. The molecule has 25 heavy (non-hydrogen) atoms. The molecular weight excluding hydrogens is 352 g/mol. The van der Waals surface area contributed by atoms with Gasteiger partial charge in [-0.1, -0.05) is 18.2 Å². The first-order valence-corrected chi connectivity index (χ1v) is 8.55. The lowest BCUT2D eigenvalue weighted by Gasteiger charge is -2.20. The summed E-state index contributed by atoms with van der Waals surface area (Å²) in [5.41, 5.74) is -0.00529. The molecule has 1 amide bonds. The number of para-hydroxylation sites is 1. The van der Waals surface area contributed by atoms with Crippen molar-refractivity contribution < 1.29 is 27.9 Å². The summed E-state index contributed by atoms with van der Waals surface area (Å²) in [4.78, 5) is 16.6. The van der Waals surface area contributed by atoms with E-state index in [0.717, 1.165) is 4.68 Å². The number of benzene rings is 1. The minimum atomic E-state index is -4.50. The molecule has 0 radical (unpaired) electrons. The minimum Gasteiger partial charge on any atom is -0.471 e. The molecule has 0 spiro atoms. The third kappa shape index (κ3) is 3.01.